The molecule has 0 aliphatic heterocycles. The number of benzene rings is 1. The van der Waals surface area contributed by atoms with E-state index in [4.69, 9.17) is 4.74 Å². The van der Waals surface area contributed by atoms with E-state index in [1.807, 2.05) is 24.0 Å². The lowest BCUT2D eigenvalue weighted by atomic mass is 10.1. The fourth-order valence-electron chi connectivity index (χ4n) is 2.45. The van der Waals surface area contributed by atoms with Crippen LogP contribution in [0.4, 0.5) is 0 Å². The molecule has 24 heavy (non-hydrogen) atoms. The molecule has 0 spiro atoms. The van der Waals surface area contributed by atoms with Gasteiger partial charge in [-0.15, -0.1) is 0 Å². The van der Waals surface area contributed by atoms with Gasteiger partial charge < -0.3 is 4.74 Å². The first-order valence-electron chi connectivity index (χ1n) is 7.90. The number of rotatable bonds is 6. The molecule has 0 aliphatic carbocycles. The summed E-state index contributed by atoms with van der Waals surface area (Å²) in [5.41, 5.74) is 3.94. The molecule has 1 aromatic carbocycles. The van der Waals surface area contributed by atoms with Crippen molar-refractivity contribution in [1.29, 1.82) is 0 Å². The Kier molecular flexibility index (Phi) is 4.74. The van der Waals surface area contributed by atoms with Crippen LogP contribution in [0.5, 0.6) is 0 Å². The minimum atomic E-state index is -0.339. The molecule has 0 amide bonds. The maximum absolute atomic E-state index is 11.6. The first kappa shape index (κ1) is 16.0. The van der Waals surface area contributed by atoms with Gasteiger partial charge in [0.1, 0.15) is 0 Å². The monoisotopic (exact) mass is 324 g/mol. The summed E-state index contributed by atoms with van der Waals surface area (Å²) in [6, 6.07) is 8.30. The van der Waals surface area contributed by atoms with E-state index in [0.29, 0.717) is 18.7 Å². The second kappa shape index (κ2) is 7.12. The average Bonchev–Trinajstić information content (AvgIpc) is 3.19. The number of esters is 1. The predicted octanol–water partition coefficient (Wildman–Crippen LogP) is 2.66. The van der Waals surface area contributed by atoms with E-state index in [1.54, 1.807) is 17.8 Å². The van der Waals surface area contributed by atoms with Crippen molar-refractivity contribution >= 4 is 5.97 Å². The highest BCUT2D eigenvalue weighted by molar-refractivity contribution is 5.88. The Bertz CT molecular complexity index is 818. The SMILES string of the molecule is CCOC(=O)c1cnn(Cc2ccc(Cn3cc(C)cn3)cc2)c1. The van der Waals surface area contributed by atoms with Crippen LogP contribution in [0.25, 0.3) is 0 Å². The molecular weight excluding hydrogens is 304 g/mol. The van der Waals surface area contributed by atoms with E-state index in [9.17, 15) is 4.79 Å². The number of hydrogen-bond donors (Lipinski definition) is 0. The Hall–Kier alpha value is -2.89. The molecule has 3 aromatic rings. The molecule has 0 aliphatic rings. The van der Waals surface area contributed by atoms with E-state index < -0.39 is 0 Å². The minimum Gasteiger partial charge on any atom is -0.462 e. The summed E-state index contributed by atoms with van der Waals surface area (Å²) in [5, 5.41) is 8.50. The van der Waals surface area contributed by atoms with E-state index in [-0.39, 0.29) is 5.97 Å². The zero-order chi connectivity index (χ0) is 16.9. The van der Waals surface area contributed by atoms with Crippen molar-refractivity contribution in [3.8, 4) is 0 Å². The largest absolute Gasteiger partial charge is 0.462 e. The van der Waals surface area contributed by atoms with Gasteiger partial charge >= 0.3 is 5.97 Å². The Balaban J connectivity index is 1.63. The predicted molar refractivity (Wildman–Crippen MR) is 89.8 cm³/mol. The summed E-state index contributed by atoms with van der Waals surface area (Å²) in [6.07, 6.45) is 7.12. The quantitative estimate of drug-likeness (QED) is 0.654. The zero-order valence-corrected chi connectivity index (χ0v) is 13.8. The van der Waals surface area contributed by atoms with E-state index in [1.165, 1.54) is 11.8 Å². The molecule has 0 unspecified atom stereocenters. The van der Waals surface area contributed by atoms with Crippen LogP contribution >= 0.6 is 0 Å². The molecule has 0 bridgehead atoms. The van der Waals surface area contributed by atoms with Crippen molar-refractivity contribution in [2.24, 2.45) is 0 Å². The van der Waals surface area contributed by atoms with E-state index in [0.717, 1.165) is 17.7 Å². The third-order valence-electron chi connectivity index (χ3n) is 3.62. The molecule has 0 saturated carbocycles. The van der Waals surface area contributed by atoms with Crippen molar-refractivity contribution in [2.75, 3.05) is 6.61 Å². The third kappa shape index (κ3) is 3.90. The number of carbonyl (C=O) groups excluding carboxylic acids is 1. The lowest BCUT2D eigenvalue weighted by Gasteiger charge is -2.05. The van der Waals surface area contributed by atoms with Gasteiger partial charge in [0.25, 0.3) is 0 Å². The van der Waals surface area contributed by atoms with Crippen LogP contribution in [0.3, 0.4) is 0 Å². The normalized spacial score (nSPS) is 10.8. The van der Waals surface area contributed by atoms with Crippen molar-refractivity contribution in [3.63, 3.8) is 0 Å². The Morgan fingerprint density at radius 1 is 1.00 bits per heavy atom. The fourth-order valence-corrected chi connectivity index (χ4v) is 2.45. The smallest absolute Gasteiger partial charge is 0.341 e. The number of ether oxygens (including phenoxy) is 1. The standard InChI is InChI=1S/C18H20N4O2/c1-3-24-18(23)17-9-20-22(13-17)12-16-6-4-15(5-7-16)11-21-10-14(2)8-19-21/h4-10,13H,3,11-12H2,1-2H3. The van der Waals surface area contributed by atoms with Gasteiger partial charge in [0.2, 0.25) is 0 Å². The lowest BCUT2D eigenvalue weighted by molar-refractivity contribution is 0.0526. The maximum atomic E-state index is 11.6. The molecule has 0 N–H and O–H groups in total. The van der Waals surface area contributed by atoms with Crippen LogP contribution in [0.15, 0.2) is 49.1 Å². The number of hydrogen-bond acceptors (Lipinski definition) is 4. The highest BCUT2D eigenvalue weighted by Crippen LogP contribution is 2.09. The van der Waals surface area contributed by atoms with E-state index >= 15 is 0 Å². The topological polar surface area (TPSA) is 61.9 Å². The molecule has 6 nitrogen and oxygen atoms in total. The summed E-state index contributed by atoms with van der Waals surface area (Å²) in [4.78, 5) is 11.6. The van der Waals surface area contributed by atoms with Gasteiger partial charge in [0.15, 0.2) is 0 Å². The van der Waals surface area contributed by atoms with E-state index in [2.05, 4.69) is 34.5 Å². The van der Waals surface area contributed by atoms with Crippen LogP contribution < -0.4 is 0 Å². The number of carbonyl (C=O) groups is 1. The second-order valence-electron chi connectivity index (χ2n) is 5.68. The van der Waals surface area contributed by atoms with Crippen molar-refractivity contribution < 1.29 is 9.53 Å². The summed E-state index contributed by atoms with van der Waals surface area (Å²) in [7, 11) is 0. The molecule has 124 valence electrons. The van der Waals surface area contributed by atoms with Crippen LogP contribution in [0.2, 0.25) is 0 Å². The van der Waals surface area contributed by atoms with Gasteiger partial charge in [-0.25, -0.2) is 4.79 Å². The van der Waals surface area contributed by atoms with Crippen LogP contribution in [-0.2, 0) is 17.8 Å². The minimum absolute atomic E-state index is 0.339. The Morgan fingerprint density at radius 3 is 2.12 bits per heavy atom. The number of aromatic nitrogens is 4. The highest BCUT2D eigenvalue weighted by atomic mass is 16.5. The van der Waals surface area contributed by atoms with Gasteiger partial charge in [-0.2, -0.15) is 10.2 Å². The summed E-state index contributed by atoms with van der Waals surface area (Å²) in [6.45, 7) is 5.54. The number of aryl methyl sites for hydroxylation is 1. The zero-order valence-electron chi connectivity index (χ0n) is 13.8. The van der Waals surface area contributed by atoms with Gasteiger partial charge in [0, 0.05) is 12.4 Å². The molecule has 2 aromatic heterocycles. The molecule has 6 heteroatoms. The van der Waals surface area contributed by atoms with Gasteiger partial charge in [-0.3, -0.25) is 9.36 Å². The first-order chi connectivity index (χ1) is 11.6. The third-order valence-corrected chi connectivity index (χ3v) is 3.62. The van der Waals surface area contributed by atoms with Gasteiger partial charge in [-0.05, 0) is 30.5 Å². The van der Waals surface area contributed by atoms with Crippen LogP contribution in [0, 0.1) is 6.92 Å². The second-order valence-corrected chi connectivity index (χ2v) is 5.68. The number of nitrogens with zero attached hydrogens (tertiary/aromatic N) is 4. The lowest BCUT2D eigenvalue weighted by Crippen LogP contribution is -2.04. The summed E-state index contributed by atoms with van der Waals surface area (Å²) >= 11 is 0. The van der Waals surface area contributed by atoms with Crippen molar-refractivity contribution in [1.82, 2.24) is 19.6 Å². The fraction of sp³-hybridized carbons (Fsp3) is 0.278. The molecule has 0 atom stereocenters. The average molecular weight is 324 g/mol. The van der Waals surface area contributed by atoms with Crippen LogP contribution in [0.1, 0.15) is 34.0 Å². The molecule has 2 heterocycles. The Morgan fingerprint density at radius 2 is 1.58 bits per heavy atom. The molecule has 0 radical (unpaired) electrons. The van der Waals surface area contributed by atoms with Gasteiger partial charge in [-0.1, -0.05) is 24.3 Å². The summed E-state index contributed by atoms with van der Waals surface area (Å²) < 4.78 is 8.62. The molecule has 3 rings (SSSR count). The maximum Gasteiger partial charge on any atom is 0.341 e. The van der Waals surface area contributed by atoms with Crippen LogP contribution in [-0.4, -0.2) is 32.1 Å². The molecular formula is C18H20N4O2. The molecule has 0 saturated heterocycles. The molecule has 0 fully saturated rings. The Labute approximate surface area is 140 Å². The summed E-state index contributed by atoms with van der Waals surface area (Å²) in [5.74, 6) is -0.339. The van der Waals surface area contributed by atoms with Crippen molar-refractivity contribution in [3.05, 3.63) is 71.3 Å². The first-order valence-corrected chi connectivity index (χ1v) is 7.90. The van der Waals surface area contributed by atoms with Gasteiger partial charge in [0.05, 0.1) is 37.7 Å². The van der Waals surface area contributed by atoms with Crippen molar-refractivity contribution in [2.45, 2.75) is 26.9 Å². The highest BCUT2D eigenvalue weighted by Gasteiger charge is 2.09.